The fourth-order valence-electron chi connectivity index (χ4n) is 5.79. The summed E-state index contributed by atoms with van der Waals surface area (Å²) in [5.41, 5.74) is 3.19. The first-order valence-corrected chi connectivity index (χ1v) is 11.7. The summed E-state index contributed by atoms with van der Waals surface area (Å²) in [5.74, 6) is 0.506. The van der Waals surface area contributed by atoms with Crippen molar-refractivity contribution in [1.82, 2.24) is 24.7 Å². The van der Waals surface area contributed by atoms with Crippen LogP contribution in [0.15, 0.2) is 42.9 Å². The minimum atomic E-state index is -0.0407. The van der Waals surface area contributed by atoms with E-state index < -0.39 is 0 Å². The van der Waals surface area contributed by atoms with E-state index in [0.717, 1.165) is 45.4 Å². The zero-order chi connectivity index (χ0) is 22.1. The Kier molecular flexibility index (Phi) is 5.67. The van der Waals surface area contributed by atoms with Crippen LogP contribution in [-0.2, 0) is 10.2 Å². The van der Waals surface area contributed by atoms with Gasteiger partial charge in [0.25, 0.3) is 5.91 Å². The number of carbonyl (C=O) groups is 2. The summed E-state index contributed by atoms with van der Waals surface area (Å²) in [6, 6.07) is 8.67. The predicted octanol–water partition coefficient (Wildman–Crippen LogP) is 2.30. The second-order valence-electron chi connectivity index (χ2n) is 9.54. The first kappa shape index (κ1) is 21.1. The molecule has 3 heterocycles. The Morgan fingerprint density at radius 1 is 1.00 bits per heavy atom. The van der Waals surface area contributed by atoms with Crippen molar-refractivity contribution < 1.29 is 9.59 Å². The highest BCUT2D eigenvalue weighted by molar-refractivity contribution is 5.92. The van der Waals surface area contributed by atoms with Crippen LogP contribution in [0.5, 0.6) is 0 Å². The molecule has 0 radical (unpaired) electrons. The number of likely N-dealkylation sites (tertiary alicyclic amines) is 1. The molecular formula is C25H31N5O2. The van der Waals surface area contributed by atoms with Crippen LogP contribution in [0.3, 0.4) is 0 Å². The van der Waals surface area contributed by atoms with E-state index in [1.54, 1.807) is 12.4 Å². The molecule has 1 spiro atoms. The van der Waals surface area contributed by atoms with Crippen molar-refractivity contribution in [3.8, 4) is 0 Å². The van der Waals surface area contributed by atoms with Crippen LogP contribution in [0.4, 0.5) is 0 Å². The molecule has 1 aliphatic carbocycles. The first-order chi connectivity index (χ1) is 15.6. The molecule has 1 aromatic heterocycles. The number of nitrogens with zero attached hydrogens (tertiary/aromatic N) is 5. The van der Waals surface area contributed by atoms with E-state index in [-0.39, 0.29) is 23.1 Å². The van der Waals surface area contributed by atoms with E-state index >= 15 is 0 Å². The molecule has 0 N–H and O–H groups in total. The number of benzene rings is 1. The first-order valence-electron chi connectivity index (χ1n) is 11.7. The summed E-state index contributed by atoms with van der Waals surface area (Å²) < 4.78 is 0. The van der Waals surface area contributed by atoms with E-state index in [0.29, 0.717) is 25.2 Å². The average molecular weight is 434 g/mol. The van der Waals surface area contributed by atoms with E-state index in [2.05, 4.69) is 46.2 Å². The van der Waals surface area contributed by atoms with Gasteiger partial charge in [-0.25, -0.2) is 4.98 Å². The molecule has 1 aromatic carbocycles. The summed E-state index contributed by atoms with van der Waals surface area (Å²) in [4.78, 5) is 40.3. The molecule has 3 aliphatic rings. The van der Waals surface area contributed by atoms with E-state index in [1.165, 1.54) is 17.3 Å². The lowest BCUT2D eigenvalue weighted by atomic mass is 9.73. The van der Waals surface area contributed by atoms with Crippen LogP contribution in [0, 0.1) is 0 Å². The molecule has 2 aliphatic heterocycles. The van der Waals surface area contributed by atoms with Gasteiger partial charge in [-0.2, -0.15) is 0 Å². The number of piperidine rings is 1. The highest BCUT2D eigenvalue weighted by Crippen LogP contribution is 2.52. The van der Waals surface area contributed by atoms with Crippen LogP contribution in [-0.4, -0.2) is 82.8 Å². The van der Waals surface area contributed by atoms with Gasteiger partial charge in [0.2, 0.25) is 5.91 Å². The molecule has 7 heteroatoms. The largest absolute Gasteiger partial charge is 0.340 e. The summed E-state index contributed by atoms with van der Waals surface area (Å²) in [6.07, 6.45) is 8.13. The SMILES string of the molecule is CN1CCN(C(=O)C[C@H]2CC3(CCN(C(=O)c4cnccn4)CC3)c3ccccc32)CC1. The Hall–Kier alpha value is -2.80. The third-order valence-corrected chi connectivity index (χ3v) is 7.68. The highest BCUT2D eigenvalue weighted by atomic mass is 16.2. The summed E-state index contributed by atoms with van der Waals surface area (Å²) in [5, 5.41) is 0. The number of fused-ring (bicyclic) bond motifs is 2. The molecular weight excluding hydrogens is 402 g/mol. The quantitative estimate of drug-likeness (QED) is 0.743. The molecule has 2 fully saturated rings. The standard InChI is InChI=1S/C25H31N5O2/c1-28-12-14-29(15-13-28)23(31)16-19-17-25(21-5-3-2-4-20(19)21)6-10-30(11-7-25)24(32)22-18-26-8-9-27-22/h2-5,8-9,18-19H,6-7,10-17H2,1H3/t19-/m0/s1. The lowest BCUT2D eigenvalue weighted by Crippen LogP contribution is -2.47. The van der Waals surface area contributed by atoms with E-state index in [4.69, 9.17) is 0 Å². The Balaban J connectivity index is 1.29. The second kappa shape index (κ2) is 8.62. The smallest absolute Gasteiger partial charge is 0.274 e. The number of aromatic nitrogens is 2. The predicted molar refractivity (Wildman–Crippen MR) is 121 cm³/mol. The number of piperazine rings is 1. The zero-order valence-electron chi connectivity index (χ0n) is 18.7. The summed E-state index contributed by atoms with van der Waals surface area (Å²) in [7, 11) is 2.11. The highest BCUT2D eigenvalue weighted by Gasteiger charge is 2.46. The van der Waals surface area contributed by atoms with Crippen molar-refractivity contribution in [3.05, 3.63) is 59.7 Å². The maximum atomic E-state index is 13.1. The summed E-state index contributed by atoms with van der Waals surface area (Å²) in [6.45, 7) is 4.98. The molecule has 5 rings (SSSR count). The van der Waals surface area contributed by atoms with Crippen LogP contribution in [0.1, 0.15) is 53.2 Å². The van der Waals surface area contributed by atoms with Crippen molar-refractivity contribution in [3.63, 3.8) is 0 Å². The molecule has 168 valence electrons. The number of hydrogen-bond donors (Lipinski definition) is 0. The van der Waals surface area contributed by atoms with Crippen molar-refractivity contribution in [2.75, 3.05) is 46.3 Å². The van der Waals surface area contributed by atoms with Crippen molar-refractivity contribution in [2.45, 2.75) is 37.0 Å². The average Bonchev–Trinajstić information content (AvgIpc) is 3.13. The van der Waals surface area contributed by atoms with Crippen LogP contribution < -0.4 is 0 Å². The van der Waals surface area contributed by atoms with Gasteiger partial charge >= 0.3 is 0 Å². The minimum Gasteiger partial charge on any atom is -0.340 e. The maximum absolute atomic E-state index is 13.1. The molecule has 1 atom stereocenters. The van der Waals surface area contributed by atoms with E-state index in [1.807, 2.05) is 9.80 Å². The monoisotopic (exact) mass is 433 g/mol. The lowest BCUT2D eigenvalue weighted by molar-refractivity contribution is -0.133. The number of carbonyl (C=O) groups excluding carboxylic acids is 2. The van der Waals surface area contributed by atoms with Crippen LogP contribution in [0.2, 0.25) is 0 Å². The van der Waals surface area contributed by atoms with Gasteiger partial charge in [0.15, 0.2) is 0 Å². The fraction of sp³-hybridized carbons (Fsp3) is 0.520. The molecule has 0 saturated carbocycles. The summed E-state index contributed by atoms with van der Waals surface area (Å²) >= 11 is 0. The normalized spacial score (nSPS) is 22.7. The van der Waals surface area contributed by atoms with Gasteiger partial charge in [-0.1, -0.05) is 24.3 Å². The van der Waals surface area contributed by atoms with E-state index in [9.17, 15) is 9.59 Å². The number of likely N-dealkylation sites (N-methyl/N-ethyl adjacent to an activating group) is 1. The molecule has 0 bridgehead atoms. The third-order valence-electron chi connectivity index (χ3n) is 7.68. The third kappa shape index (κ3) is 3.90. The Morgan fingerprint density at radius 3 is 2.47 bits per heavy atom. The fourth-order valence-corrected chi connectivity index (χ4v) is 5.79. The molecule has 0 unspecified atom stereocenters. The van der Waals surface area contributed by atoms with Crippen LogP contribution >= 0.6 is 0 Å². The van der Waals surface area contributed by atoms with Crippen molar-refractivity contribution >= 4 is 11.8 Å². The molecule has 2 amide bonds. The Bertz CT molecular complexity index is 979. The van der Waals surface area contributed by atoms with Crippen molar-refractivity contribution in [1.29, 1.82) is 0 Å². The minimum absolute atomic E-state index is 0.0407. The number of amides is 2. The van der Waals surface area contributed by atoms with Gasteiger partial charge in [0.05, 0.1) is 6.20 Å². The van der Waals surface area contributed by atoms with Gasteiger partial charge in [0, 0.05) is 58.1 Å². The van der Waals surface area contributed by atoms with Gasteiger partial charge in [-0.15, -0.1) is 0 Å². The number of hydrogen-bond acceptors (Lipinski definition) is 5. The molecule has 7 nitrogen and oxygen atoms in total. The van der Waals surface area contributed by atoms with Gasteiger partial charge in [-0.3, -0.25) is 14.6 Å². The molecule has 32 heavy (non-hydrogen) atoms. The van der Waals surface area contributed by atoms with Crippen LogP contribution in [0.25, 0.3) is 0 Å². The zero-order valence-corrected chi connectivity index (χ0v) is 18.7. The lowest BCUT2D eigenvalue weighted by Gasteiger charge is -2.40. The van der Waals surface area contributed by atoms with Gasteiger partial charge in [-0.05, 0) is 48.8 Å². The van der Waals surface area contributed by atoms with Gasteiger partial charge in [0.1, 0.15) is 5.69 Å². The Labute approximate surface area is 189 Å². The number of rotatable bonds is 3. The topological polar surface area (TPSA) is 69.6 Å². The van der Waals surface area contributed by atoms with Gasteiger partial charge < -0.3 is 14.7 Å². The maximum Gasteiger partial charge on any atom is 0.274 e. The Morgan fingerprint density at radius 2 is 1.75 bits per heavy atom. The molecule has 2 saturated heterocycles. The molecule has 2 aromatic rings. The van der Waals surface area contributed by atoms with Crippen molar-refractivity contribution in [2.24, 2.45) is 0 Å². The second-order valence-corrected chi connectivity index (χ2v) is 9.54.